The molecule has 0 aliphatic carbocycles. The van der Waals surface area contributed by atoms with Crippen LogP contribution in [0, 0.1) is 0 Å². The van der Waals surface area contributed by atoms with E-state index in [4.69, 9.17) is 18.9 Å². The fourth-order valence-electron chi connectivity index (χ4n) is 12.9. The molecular formula is C80H147NO13. The number of hydrogen-bond donors (Lipinski definition) is 9. The average Bonchev–Trinajstić information content (AvgIpc) is 0.794. The monoisotopic (exact) mass is 1330 g/mol. The summed E-state index contributed by atoms with van der Waals surface area (Å²) in [5.41, 5.74) is 0. The maximum atomic E-state index is 13.4. The number of carbonyl (C=O) groups is 1. The quantitative estimate of drug-likeness (QED) is 0.0204. The largest absolute Gasteiger partial charge is 0.394 e. The number of aliphatic hydroxyl groups excluding tert-OH is 8. The Kier molecular flexibility index (Phi) is 59.8. The van der Waals surface area contributed by atoms with Crippen LogP contribution in [0.5, 0.6) is 0 Å². The number of allylic oxidation sites excluding steroid dienone is 9. The van der Waals surface area contributed by atoms with Crippen LogP contribution in [0.15, 0.2) is 60.8 Å². The first-order valence-electron chi connectivity index (χ1n) is 39.5. The Labute approximate surface area is 575 Å². The van der Waals surface area contributed by atoms with E-state index in [1.54, 1.807) is 6.08 Å². The molecule has 2 aliphatic rings. The molecule has 14 nitrogen and oxygen atoms in total. The highest BCUT2D eigenvalue weighted by molar-refractivity contribution is 5.76. The zero-order valence-electron chi connectivity index (χ0n) is 60.2. The van der Waals surface area contributed by atoms with E-state index in [2.05, 4.69) is 67.8 Å². The number of hydrogen-bond acceptors (Lipinski definition) is 13. The van der Waals surface area contributed by atoms with E-state index in [-0.39, 0.29) is 18.9 Å². The van der Waals surface area contributed by atoms with Gasteiger partial charge in [-0.1, -0.05) is 325 Å². The van der Waals surface area contributed by atoms with Crippen molar-refractivity contribution in [3.8, 4) is 0 Å². The maximum absolute atomic E-state index is 13.4. The van der Waals surface area contributed by atoms with Crippen molar-refractivity contribution < 1.29 is 64.6 Å². The van der Waals surface area contributed by atoms with Crippen molar-refractivity contribution in [3.63, 3.8) is 0 Å². The van der Waals surface area contributed by atoms with Crippen LogP contribution in [-0.2, 0) is 23.7 Å². The van der Waals surface area contributed by atoms with E-state index in [1.807, 2.05) is 6.08 Å². The fraction of sp³-hybridized carbons (Fsp3) is 0.863. The Morgan fingerprint density at radius 1 is 0.383 bits per heavy atom. The first-order chi connectivity index (χ1) is 46.1. The van der Waals surface area contributed by atoms with E-state index in [9.17, 15) is 45.6 Å². The number of unbranched alkanes of at least 4 members (excludes halogenated alkanes) is 45. The molecule has 1 amide bonds. The number of aliphatic hydroxyl groups is 8. The summed E-state index contributed by atoms with van der Waals surface area (Å²) in [6, 6.07) is -0.941. The number of amides is 1. The molecule has 9 N–H and O–H groups in total. The summed E-state index contributed by atoms with van der Waals surface area (Å²) in [5.74, 6) is -0.248. The molecule has 0 aromatic heterocycles. The molecule has 12 unspecified atom stereocenters. The first-order valence-corrected chi connectivity index (χ1v) is 39.5. The van der Waals surface area contributed by atoms with Gasteiger partial charge in [0.05, 0.1) is 32.0 Å². The Morgan fingerprint density at radius 3 is 1.11 bits per heavy atom. The standard InChI is InChI=1S/C80H147NO13/c1-3-5-7-9-11-13-15-17-19-21-23-25-27-29-31-33-34-36-38-40-42-44-46-48-50-52-54-56-58-60-62-64-72(85)81-68(67-91-79-77(90)75(88)78(71(66-83)93-79)94-80-76(89)74(87)73(86)70(65-82)92-80)69(84)63-61-59-57-55-53-51-49-47-45-43-41-39-37-35-32-30-28-26-24-22-20-18-16-14-12-10-8-6-4-2/h15,17,21,23,45,47,53,55,61,63,68-71,73-80,82-84,86-90H,3-14,16,18-20,22,24-44,46,48-52,54,56-60,62,64-67H2,1-2H3,(H,81,85)/b17-15-,23-21-,47-45+,55-53+,63-61+. The minimum Gasteiger partial charge on any atom is -0.394 e. The Morgan fingerprint density at radius 2 is 0.713 bits per heavy atom. The minimum atomic E-state index is -1.79. The molecule has 0 spiro atoms. The van der Waals surface area contributed by atoms with Gasteiger partial charge in [0, 0.05) is 6.42 Å². The van der Waals surface area contributed by atoms with E-state index in [0.717, 1.165) is 51.4 Å². The molecule has 0 saturated carbocycles. The van der Waals surface area contributed by atoms with Gasteiger partial charge in [-0.15, -0.1) is 0 Å². The molecular weight excluding hydrogens is 1180 g/mol. The summed E-state index contributed by atoms with van der Waals surface area (Å²) in [4.78, 5) is 13.4. The molecule has 2 aliphatic heterocycles. The molecule has 2 fully saturated rings. The molecule has 0 aromatic carbocycles. The topological polar surface area (TPSA) is 228 Å². The SMILES string of the molecule is CCCCCCC/C=C\C/C=C\CCCCCCCCCCCCCCCCCCCCCC(=O)NC(COC1OC(CO)C(OC2OC(CO)C(O)C(O)C2O)C(O)C1O)C(O)/C=C/CC/C=C/CC/C=C/CCCCCCCCCCCCCCCCCCCCC. The van der Waals surface area contributed by atoms with Crippen LogP contribution in [0.25, 0.3) is 0 Å². The maximum Gasteiger partial charge on any atom is 0.220 e. The Hall–Kier alpha value is -2.31. The van der Waals surface area contributed by atoms with Crippen LogP contribution >= 0.6 is 0 Å². The third-order valence-electron chi connectivity index (χ3n) is 19.2. The van der Waals surface area contributed by atoms with Crippen molar-refractivity contribution in [2.45, 2.75) is 421 Å². The zero-order valence-corrected chi connectivity index (χ0v) is 60.2. The fourth-order valence-corrected chi connectivity index (χ4v) is 12.9. The van der Waals surface area contributed by atoms with Gasteiger partial charge in [0.2, 0.25) is 5.91 Å². The Bertz CT molecular complexity index is 1810. The van der Waals surface area contributed by atoms with Crippen LogP contribution in [0.1, 0.15) is 348 Å². The normalized spacial score (nSPS) is 22.7. The molecule has 94 heavy (non-hydrogen) atoms. The van der Waals surface area contributed by atoms with Gasteiger partial charge in [0.25, 0.3) is 0 Å². The van der Waals surface area contributed by atoms with E-state index >= 15 is 0 Å². The van der Waals surface area contributed by atoms with Gasteiger partial charge < -0.3 is 65.1 Å². The molecule has 12 atom stereocenters. The third-order valence-corrected chi connectivity index (χ3v) is 19.2. The summed E-state index contributed by atoms with van der Waals surface area (Å²) < 4.78 is 22.9. The molecule has 2 heterocycles. The smallest absolute Gasteiger partial charge is 0.220 e. The van der Waals surface area contributed by atoms with E-state index in [1.165, 1.54) is 263 Å². The van der Waals surface area contributed by atoms with Crippen LogP contribution < -0.4 is 5.32 Å². The second-order valence-electron chi connectivity index (χ2n) is 27.8. The van der Waals surface area contributed by atoms with Gasteiger partial charge in [0.1, 0.15) is 48.8 Å². The lowest BCUT2D eigenvalue weighted by Gasteiger charge is -2.46. The Balaban J connectivity index is 1.65. The average molecular weight is 1330 g/mol. The number of nitrogens with one attached hydrogen (secondary N) is 1. The second-order valence-corrected chi connectivity index (χ2v) is 27.8. The highest BCUT2D eigenvalue weighted by Crippen LogP contribution is 2.30. The summed E-state index contributed by atoms with van der Waals surface area (Å²) in [6.07, 6.45) is 70.2. The number of ether oxygens (including phenoxy) is 4. The number of rotatable bonds is 66. The second kappa shape index (κ2) is 64.1. The highest BCUT2D eigenvalue weighted by atomic mass is 16.7. The van der Waals surface area contributed by atoms with Crippen molar-refractivity contribution in [1.82, 2.24) is 5.32 Å². The molecule has 0 bridgehead atoms. The van der Waals surface area contributed by atoms with Crippen LogP contribution in [0.2, 0.25) is 0 Å². The molecule has 2 rings (SSSR count). The lowest BCUT2D eigenvalue weighted by atomic mass is 9.97. The molecule has 550 valence electrons. The minimum absolute atomic E-state index is 0.248. The first kappa shape index (κ1) is 87.8. The lowest BCUT2D eigenvalue weighted by molar-refractivity contribution is -0.359. The van der Waals surface area contributed by atoms with E-state index in [0.29, 0.717) is 12.8 Å². The van der Waals surface area contributed by atoms with Crippen LogP contribution in [0.3, 0.4) is 0 Å². The van der Waals surface area contributed by atoms with E-state index < -0.39 is 86.8 Å². The van der Waals surface area contributed by atoms with Crippen molar-refractivity contribution in [2.75, 3.05) is 19.8 Å². The van der Waals surface area contributed by atoms with Crippen molar-refractivity contribution in [2.24, 2.45) is 0 Å². The molecule has 0 radical (unpaired) electrons. The van der Waals surface area contributed by atoms with Crippen molar-refractivity contribution >= 4 is 5.91 Å². The van der Waals surface area contributed by atoms with Gasteiger partial charge in [-0.3, -0.25) is 4.79 Å². The summed E-state index contributed by atoms with van der Waals surface area (Å²) in [7, 11) is 0. The predicted molar refractivity (Wildman–Crippen MR) is 387 cm³/mol. The van der Waals surface area contributed by atoms with Gasteiger partial charge in [0.15, 0.2) is 12.6 Å². The van der Waals surface area contributed by atoms with Gasteiger partial charge in [-0.2, -0.15) is 0 Å². The zero-order chi connectivity index (χ0) is 68.0. The lowest BCUT2D eigenvalue weighted by Crippen LogP contribution is -2.65. The van der Waals surface area contributed by atoms with Crippen LogP contribution in [-0.4, -0.2) is 140 Å². The number of carbonyl (C=O) groups excluding carboxylic acids is 1. The van der Waals surface area contributed by atoms with Crippen LogP contribution in [0.4, 0.5) is 0 Å². The molecule has 14 heteroatoms. The third kappa shape index (κ3) is 46.9. The summed E-state index contributed by atoms with van der Waals surface area (Å²) >= 11 is 0. The van der Waals surface area contributed by atoms with Gasteiger partial charge >= 0.3 is 0 Å². The predicted octanol–water partition coefficient (Wildman–Crippen LogP) is 17.6. The highest BCUT2D eigenvalue weighted by Gasteiger charge is 2.51. The molecule has 2 saturated heterocycles. The molecule has 0 aromatic rings. The van der Waals surface area contributed by atoms with Crippen molar-refractivity contribution in [1.29, 1.82) is 0 Å². The summed E-state index contributed by atoms with van der Waals surface area (Å²) in [6.45, 7) is 2.82. The summed E-state index contributed by atoms with van der Waals surface area (Å²) in [5, 5.41) is 87.6. The van der Waals surface area contributed by atoms with Gasteiger partial charge in [-0.05, 0) is 77.0 Å². The van der Waals surface area contributed by atoms with Gasteiger partial charge in [-0.25, -0.2) is 0 Å². The van der Waals surface area contributed by atoms with Crippen molar-refractivity contribution in [3.05, 3.63) is 60.8 Å².